The average molecular weight is 448 g/mol. The Morgan fingerprint density at radius 1 is 1.25 bits per heavy atom. The summed E-state index contributed by atoms with van der Waals surface area (Å²) in [6.07, 6.45) is 0. The molecule has 0 radical (unpaired) electrons. The van der Waals surface area contributed by atoms with E-state index in [9.17, 15) is 4.79 Å². The summed E-state index contributed by atoms with van der Waals surface area (Å²) in [7, 11) is 0. The number of amides is 1. The molecule has 2 fully saturated rings. The molecule has 0 aromatic carbocycles. The molecule has 2 unspecified atom stereocenters. The molecule has 2 aromatic heterocycles. The predicted octanol–water partition coefficient (Wildman–Crippen LogP) is 2.70. The van der Waals surface area contributed by atoms with E-state index < -0.39 is 0 Å². The van der Waals surface area contributed by atoms with Gasteiger partial charge in [0.2, 0.25) is 17.6 Å². The fourth-order valence-corrected chi connectivity index (χ4v) is 4.20. The maximum absolute atomic E-state index is 12.7. The topological polar surface area (TPSA) is 74.5 Å². The Labute approximate surface area is 181 Å². The van der Waals surface area contributed by atoms with Crippen LogP contribution in [0, 0.1) is 11.8 Å². The Balaban J connectivity index is 0.00000140. The van der Waals surface area contributed by atoms with Crippen LogP contribution in [0.5, 0.6) is 0 Å². The first-order valence-corrected chi connectivity index (χ1v) is 10.1. The van der Waals surface area contributed by atoms with Crippen molar-refractivity contribution in [2.24, 2.45) is 11.8 Å². The zero-order valence-corrected chi connectivity index (χ0v) is 18.5. The highest BCUT2D eigenvalue weighted by atomic mass is 35.5. The summed E-state index contributed by atoms with van der Waals surface area (Å²) in [5.74, 6) is 2.19. The summed E-state index contributed by atoms with van der Waals surface area (Å²) >= 11 is 1.60. The van der Waals surface area contributed by atoms with E-state index >= 15 is 0 Å². The first-order valence-electron chi connectivity index (χ1n) is 9.24. The Kier molecular flexibility index (Phi) is 8.27. The minimum absolute atomic E-state index is 0. The van der Waals surface area contributed by atoms with E-state index in [1.807, 2.05) is 22.4 Å². The molecule has 4 heterocycles. The summed E-state index contributed by atoms with van der Waals surface area (Å²) in [5.41, 5.74) is 0. The van der Waals surface area contributed by atoms with E-state index in [0.29, 0.717) is 23.5 Å². The smallest absolute Gasteiger partial charge is 0.244 e. The molecular formula is C18H27Cl2N5O2S. The van der Waals surface area contributed by atoms with Crippen LogP contribution in [-0.4, -0.2) is 65.1 Å². The summed E-state index contributed by atoms with van der Waals surface area (Å²) in [6, 6.07) is 4.03. The van der Waals surface area contributed by atoms with E-state index in [1.54, 1.807) is 11.3 Å². The second-order valence-electron chi connectivity index (χ2n) is 7.18. The van der Waals surface area contributed by atoms with Crippen LogP contribution in [0.2, 0.25) is 0 Å². The van der Waals surface area contributed by atoms with Crippen LogP contribution >= 0.6 is 36.2 Å². The average Bonchev–Trinajstić information content (AvgIpc) is 3.30. The highest BCUT2D eigenvalue weighted by Crippen LogP contribution is 2.26. The van der Waals surface area contributed by atoms with Crippen LogP contribution in [-0.2, 0) is 4.79 Å². The van der Waals surface area contributed by atoms with E-state index in [0.717, 1.165) is 44.1 Å². The van der Waals surface area contributed by atoms with Crippen molar-refractivity contribution in [3.63, 3.8) is 0 Å². The normalized spacial score (nSPS) is 19.9. The maximum Gasteiger partial charge on any atom is 0.244 e. The number of carbonyl (C=O) groups is 1. The number of nitrogens with one attached hydrogen (secondary N) is 1. The largest absolute Gasteiger partial charge is 0.340 e. The standard InChI is InChI=1S/C18H25N5O2S.2ClH/c1-12(14-10-19-11-14)18(24)23-7-5-22(6-8-23)13(2)17-20-16(21-25-17)15-4-3-9-26-15;;/h3-4,9,12-14,19H,5-8,10-11H2,1-2H3;2*1H. The molecule has 2 aliphatic heterocycles. The number of hydrogen-bond acceptors (Lipinski definition) is 7. The third-order valence-electron chi connectivity index (χ3n) is 5.62. The highest BCUT2D eigenvalue weighted by molar-refractivity contribution is 7.13. The molecule has 0 bridgehead atoms. The fourth-order valence-electron chi connectivity index (χ4n) is 3.55. The molecule has 2 saturated heterocycles. The lowest BCUT2D eigenvalue weighted by Gasteiger charge is -2.40. The van der Waals surface area contributed by atoms with Gasteiger partial charge in [0.25, 0.3) is 0 Å². The van der Waals surface area contributed by atoms with Gasteiger partial charge in [-0.05, 0) is 37.4 Å². The van der Waals surface area contributed by atoms with Crippen molar-refractivity contribution in [3.05, 3.63) is 23.4 Å². The monoisotopic (exact) mass is 447 g/mol. The molecule has 2 aromatic rings. The van der Waals surface area contributed by atoms with Gasteiger partial charge in [0.1, 0.15) is 0 Å². The first-order chi connectivity index (χ1) is 12.6. The summed E-state index contributed by atoms with van der Waals surface area (Å²) < 4.78 is 5.49. The molecule has 0 saturated carbocycles. The lowest BCUT2D eigenvalue weighted by Crippen LogP contribution is -2.54. The third-order valence-corrected chi connectivity index (χ3v) is 6.49. The third kappa shape index (κ3) is 4.68. The van der Waals surface area contributed by atoms with Gasteiger partial charge in [-0.3, -0.25) is 9.69 Å². The fraction of sp³-hybridized carbons (Fsp3) is 0.611. The Hall–Kier alpha value is -1.19. The van der Waals surface area contributed by atoms with Crippen LogP contribution in [0.3, 0.4) is 0 Å². The second-order valence-corrected chi connectivity index (χ2v) is 8.13. The number of piperazine rings is 1. The van der Waals surface area contributed by atoms with Gasteiger partial charge >= 0.3 is 0 Å². The lowest BCUT2D eigenvalue weighted by molar-refractivity contribution is -0.139. The molecule has 0 spiro atoms. The molecule has 1 N–H and O–H groups in total. The lowest BCUT2D eigenvalue weighted by atomic mass is 9.88. The molecule has 4 rings (SSSR count). The minimum Gasteiger partial charge on any atom is -0.340 e. The van der Waals surface area contributed by atoms with Gasteiger partial charge < -0.3 is 14.7 Å². The van der Waals surface area contributed by atoms with Gasteiger partial charge in [0.15, 0.2) is 0 Å². The number of aromatic nitrogens is 2. The Bertz CT molecular complexity index is 745. The van der Waals surface area contributed by atoms with Crippen molar-refractivity contribution >= 4 is 42.1 Å². The zero-order valence-electron chi connectivity index (χ0n) is 16.0. The Morgan fingerprint density at radius 3 is 2.54 bits per heavy atom. The van der Waals surface area contributed by atoms with Crippen LogP contribution in [0.25, 0.3) is 10.7 Å². The van der Waals surface area contributed by atoms with Gasteiger partial charge in [-0.25, -0.2) is 0 Å². The van der Waals surface area contributed by atoms with E-state index in [1.165, 1.54) is 0 Å². The summed E-state index contributed by atoms with van der Waals surface area (Å²) in [6.45, 7) is 9.28. The van der Waals surface area contributed by atoms with Crippen molar-refractivity contribution < 1.29 is 9.32 Å². The predicted molar refractivity (Wildman–Crippen MR) is 114 cm³/mol. The molecular weight excluding hydrogens is 421 g/mol. The van der Waals surface area contributed by atoms with Gasteiger partial charge in [0, 0.05) is 32.1 Å². The molecule has 7 nitrogen and oxygen atoms in total. The van der Waals surface area contributed by atoms with Crippen LogP contribution in [0.15, 0.2) is 22.0 Å². The first kappa shape index (κ1) is 23.1. The summed E-state index contributed by atoms with van der Waals surface area (Å²) in [4.78, 5) is 22.5. The number of nitrogens with zero attached hydrogens (tertiary/aromatic N) is 4. The van der Waals surface area contributed by atoms with Gasteiger partial charge in [-0.2, -0.15) is 4.98 Å². The quantitative estimate of drug-likeness (QED) is 0.758. The SMILES string of the molecule is CC(C(=O)N1CCN(C(C)c2nc(-c3cccs3)no2)CC1)C1CNC1.Cl.Cl. The second kappa shape index (κ2) is 10.0. The molecule has 2 aliphatic rings. The van der Waals surface area contributed by atoms with Crippen molar-refractivity contribution in [2.75, 3.05) is 39.3 Å². The molecule has 28 heavy (non-hydrogen) atoms. The number of rotatable bonds is 5. The van der Waals surface area contributed by atoms with Crippen LogP contribution in [0.1, 0.15) is 25.8 Å². The molecule has 10 heteroatoms. The highest BCUT2D eigenvalue weighted by Gasteiger charge is 2.34. The van der Waals surface area contributed by atoms with E-state index in [-0.39, 0.29) is 36.8 Å². The van der Waals surface area contributed by atoms with Gasteiger partial charge in [0.05, 0.1) is 10.9 Å². The van der Waals surface area contributed by atoms with Crippen molar-refractivity contribution in [2.45, 2.75) is 19.9 Å². The number of carbonyl (C=O) groups excluding carboxylic acids is 1. The van der Waals surface area contributed by atoms with Gasteiger partial charge in [-0.15, -0.1) is 36.2 Å². The van der Waals surface area contributed by atoms with Gasteiger partial charge in [-0.1, -0.05) is 18.1 Å². The molecule has 1 amide bonds. The van der Waals surface area contributed by atoms with Crippen molar-refractivity contribution in [3.8, 4) is 10.7 Å². The molecule has 0 aliphatic carbocycles. The number of thiophene rings is 1. The number of halogens is 2. The molecule has 2 atom stereocenters. The van der Waals surface area contributed by atoms with E-state index in [2.05, 4.69) is 34.2 Å². The molecule has 156 valence electrons. The number of hydrogen-bond donors (Lipinski definition) is 1. The Morgan fingerprint density at radius 2 is 1.96 bits per heavy atom. The van der Waals surface area contributed by atoms with Crippen LogP contribution < -0.4 is 5.32 Å². The zero-order chi connectivity index (χ0) is 18.1. The maximum atomic E-state index is 12.7. The van der Waals surface area contributed by atoms with E-state index in [4.69, 9.17) is 4.52 Å². The van der Waals surface area contributed by atoms with Crippen molar-refractivity contribution in [1.29, 1.82) is 0 Å². The van der Waals surface area contributed by atoms with Crippen molar-refractivity contribution in [1.82, 2.24) is 25.3 Å². The minimum atomic E-state index is 0. The van der Waals surface area contributed by atoms with Crippen LogP contribution in [0.4, 0.5) is 0 Å². The summed E-state index contributed by atoms with van der Waals surface area (Å²) in [5, 5.41) is 9.36.